The van der Waals surface area contributed by atoms with Crippen LogP contribution in [0.25, 0.3) is 18.2 Å². The van der Waals surface area contributed by atoms with Gasteiger partial charge in [0.05, 0.1) is 5.35 Å². The van der Waals surface area contributed by atoms with Crippen molar-refractivity contribution in [3.05, 3.63) is 69.6 Å². The highest BCUT2D eigenvalue weighted by atomic mass is 32.1. The Kier molecular flexibility index (Phi) is 6.83. The van der Waals surface area contributed by atoms with Gasteiger partial charge in [-0.2, -0.15) is 0 Å². The third-order valence-electron chi connectivity index (χ3n) is 3.15. The van der Waals surface area contributed by atoms with Crippen LogP contribution in [-0.2, 0) is 0 Å². The molecule has 0 fully saturated rings. The number of hydrogen-bond acceptors (Lipinski definition) is 2. The van der Waals surface area contributed by atoms with E-state index in [0.29, 0.717) is 0 Å². The fourth-order valence-electron chi connectivity index (χ4n) is 1.77. The average molecular weight is 297 g/mol. The topological polar surface area (TPSA) is 12.9 Å². The standard InChI is InChI=1S/C19H23NS/c1-7-10-15(5)17(11-8-2)19-20-18(16(6)21-19)13-12-14(4)9-3/h7-11,13H,1-2,6,12H2,3-5H3/b14-9-,15-10-,17-11+,18-13+. The minimum Gasteiger partial charge on any atom is -0.236 e. The lowest BCUT2D eigenvalue weighted by Crippen LogP contribution is -2.18. The summed E-state index contributed by atoms with van der Waals surface area (Å²) in [4.78, 5) is 4.72. The second-order valence-corrected chi connectivity index (χ2v) is 5.86. The lowest BCUT2D eigenvalue weighted by atomic mass is 10.1. The summed E-state index contributed by atoms with van der Waals surface area (Å²) in [6.45, 7) is 17.9. The second-order valence-electron chi connectivity index (χ2n) is 4.77. The largest absolute Gasteiger partial charge is 0.236 e. The SMILES string of the molecule is C=C/C=C(C)\C(=C/C=C)c1n/c(=C/C/C(C)=C\C)c(=C)s1. The van der Waals surface area contributed by atoms with Crippen LogP contribution in [0.1, 0.15) is 32.2 Å². The van der Waals surface area contributed by atoms with E-state index in [9.17, 15) is 0 Å². The molecule has 1 aromatic rings. The monoisotopic (exact) mass is 297 g/mol. The molecule has 0 aromatic carbocycles. The molecule has 21 heavy (non-hydrogen) atoms. The van der Waals surface area contributed by atoms with E-state index in [1.165, 1.54) is 5.57 Å². The zero-order valence-electron chi connectivity index (χ0n) is 13.1. The van der Waals surface area contributed by atoms with Crippen LogP contribution in [0.4, 0.5) is 0 Å². The Morgan fingerprint density at radius 2 is 1.86 bits per heavy atom. The molecule has 110 valence electrons. The summed E-state index contributed by atoms with van der Waals surface area (Å²) in [5.41, 5.74) is 3.52. The van der Waals surface area contributed by atoms with Crippen molar-refractivity contribution in [2.45, 2.75) is 27.2 Å². The molecule has 1 nitrogen and oxygen atoms in total. The van der Waals surface area contributed by atoms with Gasteiger partial charge in [0.25, 0.3) is 0 Å². The van der Waals surface area contributed by atoms with Gasteiger partial charge in [0, 0.05) is 10.1 Å². The quantitative estimate of drug-likeness (QED) is 0.560. The Balaban J connectivity index is 3.29. The van der Waals surface area contributed by atoms with Crippen LogP contribution in [0.5, 0.6) is 0 Å². The molecule has 0 N–H and O–H groups in total. The Morgan fingerprint density at radius 3 is 2.43 bits per heavy atom. The lowest BCUT2D eigenvalue weighted by Gasteiger charge is -2.02. The van der Waals surface area contributed by atoms with Crippen LogP contribution in [0.2, 0.25) is 0 Å². The van der Waals surface area contributed by atoms with Crippen LogP contribution in [-0.4, -0.2) is 4.98 Å². The van der Waals surface area contributed by atoms with Gasteiger partial charge in [-0.3, -0.25) is 0 Å². The molecule has 0 saturated heterocycles. The molecular formula is C19H23NS. The number of rotatable bonds is 6. The molecule has 0 radical (unpaired) electrons. The second kappa shape index (κ2) is 8.38. The molecule has 0 aliphatic carbocycles. The summed E-state index contributed by atoms with van der Waals surface area (Å²) in [7, 11) is 0. The van der Waals surface area contributed by atoms with Crippen molar-refractivity contribution in [2.24, 2.45) is 0 Å². The zero-order valence-corrected chi connectivity index (χ0v) is 14.0. The fourth-order valence-corrected chi connectivity index (χ4v) is 2.72. The molecule has 1 aromatic heterocycles. The molecule has 0 amide bonds. The Morgan fingerprint density at radius 1 is 1.19 bits per heavy atom. The normalized spacial score (nSPS) is 14.4. The van der Waals surface area contributed by atoms with Gasteiger partial charge in [0.15, 0.2) is 0 Å². The summed E-state index contributed by atoms with van der Waals surface area (Å²) in [6.07, 6.45) is 12.7. The van der Waals surface area contributed by atoms with Crippen molar-refractivity contribution in [2.75, 3.05) is 0 Å². The fraction of sp³-hybridized carbons (Fsp3) is 0.211. The van der Waals surface area contributed by atoms with E-state index in [4.69, 9.17) is 4.98 Å². The Bertz CT molecular complexity index is 711. The van der Waals surface area contributed by atoms with E-state index in [1.807, 2.05) is 12.2 Å². The highest BCUT2D eigenvalue weighted by Gasteiger charge is 2.07. The Labute approximate surface area is 131 Å². The van der Waals surface area contributed by atoms with Gasteiger partial charge in [-0.15, -0.1) is 11.3 Å². The molecule has 0 aliphatic rings. The van der Waals surface area contributed by atoms with Crippen LogP contribution in [0, 0.1) is 0 Å². The van der Waals surface area contributed by atoms with E-state index in [2.05, 4.69) is 52.7 Å². The third kappa shape index (κ3) is 4.83. The lowest BCUT2D eigenvalue weighted by molar-refractivity contribution is 1.20. The molecular weight excluding hydrogens is 274 g/mol. The number of nitrogens with zero attached hydrogens (tertiary/aromatic N) is 1. The van der Waals surface area contributed by atoms with Crippen molar-refractivity contribution in [3.63, 3.8) is 0 Å². The molecule has 0 spiro atoms. The molecule has 0 unspecified atom stereocenters. The van der Waals surface area contributed by atoms with Crippen LogP contribution < -0.4 is 9.88 Å². The van der Waals surface area contributed by atoms with Crippen molar-refractivity contribution in [1.82, 2.24) is 4.98 Å². The van der Waals surface area contributed by atoms with Gasteiger partial charge in [0.2, 0.25) is 0 Å². The molecule has 1 heterocycles. The first-order chi connectivity index (χ1) is 10.0. The summed E-state index contributed by atoms with van der Waals surface area (Å²) >= 11 is 1.61. The third-order valence-corrected chi connectivity index (χ3v) is 4.11. The summed E-state index contributed by atoms with van der Waals surface area (Å²) < 4.78 is 0.996. The first kappa shape index (κ1) is 17.1. The van der Waals surface area contributed by atoms with Gasteiger partial charge in [-0.1, -0.05) is 61.8 Å². The minimum atomic E-state index is 0.907. The van der Waals surface area contributed by atoms with E-state index in [0.717, 1.165) is 32.5 Å². The molecule has 0 aliphatic heterocycles. The number of thiazole rings is 1. The van der Waals surface area contributed by atoms with Crippen LogP contribution >= 0.6 is 11.3 Å². The molecule has 1 rings (SSSR count). The van der Waals surface area contributed by atoms with E-state index < -0.39 is 0 Å². The average Bonchev–Trinajstić information content (AvgIpc) is 2.83. The van der Waals surface area contributed by atoms with Crippen LogP contribution in [0.15, 0.2) is 54.7 Å². The van der Waals surface area contributed by atoms with E-state index in [1.54, 1.807) is 23.5 Å². The van der Waals surface area contributed by atoms with E-state index >= 15 is 0 Å². The maximum Gasteiger partial charge on any atom is 0.124 e. The predicted octanol–water partition coefficient (Wildman–Crippen LogP) is 4.39. The molecule has 2 heteroatoms. The van der Waals surface area contributed by atoms with Gasteiger partial charge in [-0.05, 0) is 32.8 Å². The van der Waals surface area contributed by atoms with Gasteiger partial charge in [-0.25, -0.2) is 4.98 Å². The predicted molar refractivity (Wildman–Crippen MR) is 97.5 cm³/mol. The summed E-state index contributed by atoms with van der Waals surface area (Å²) in [5, 5.41) is 1.94. The summed E-state index contributed by atoms with van der Waals surface area (Å²) in [6, 6.07) is 0. The number of hydrogen-bond donors (Lipinski definition) is 0. The van der Waals surface area contributed by atoms with Crippen molar-refractivity contribution >= 4 is 29.6 Å². The first-order valence-electron chi connectivity index (χ1n) is 6.94. The zero-order chi connectivity index (χ0) is 15.8. The maximum absolute atomic E-state index is 4.72. The Hall–Kier alpha value is -1.93. The molecule has 0 saturated carbocycles. The van der Waals surface area contributed by atoms with Gasteiger partial charge in [0.1, 0.15) is 5.01 Å². The smallest absolute Gasteiger partial charge is 0.124 e. The van der Waals surface area contributed by atoms with Crippen molar-refractivity contribution in [1.29, 1.82) is 0 Å². The maximum atomic E-state index is 4.72. The number of aromatic nitrogens is 1. The van der Waals surface area contributed by atoms with E-state index in [-0.39, 0.29) is 0 Å². The van der Waals surface area contributed by atoms with Gasteiger partial charge < -0.3 is 0 Å². The van der Waals surface area contributed by atoms with Crippen molar-refractivity contribution < 1.29 is 0 Å². The highest BCUT2D eigenvalue weighted by molar-refractivity contribution is 7.10. The van der Waals surface area contributed by atoms with Crippen LogP contribution in [0.3, 0.4) is 0 Å². The van der Waals surface area contributed by atoms with Gasteiger partial charge >= 0.3 is 0 Å². The summed E-state index contributed by atoms with van der Waals surface area (Å²) in [5.74, 6) is 0. The highest BCUT2D eigenvalue weighted by Crippen LogP contribution is 2.22. The molecule has 0 atom stereocenters. The first-order valence-corrected chi connectivity index (χ1v) is 7.75. The molecule has 0 bridgehead atoms. The van der Waals surface area contributed by atoms with Crippen molar-refractivity contribution in [3.8, 4) is 0 Å². The number of allylic oxidation sites excluding steroid dienone is 8. The minimum absolute atomic E-state index is 0.907.